The van der Waals surface area contributed by atoms with Crippen LogP contribution in [0.5, 0.6) is 0 Å². The Labute approximate surface area is 128 Å². The Morgan fingerprint density at radius 3 is 3.05 bits per heavy atom. The molecule has 1 aromatic rings. The first kappa shape index (κ1) is 15.1. The van der Waals surface area contributed by atoms with Crippen LogP contribution in [0.15, 0.2) is 16.1 Å². The Morgan fingerprint density at radius 1 is 1.50 bits per heavy atom. The van der Waals surface area contributed by atoms with E-state index in [2.05, 4.69) is 19.9 Å². The summed E-state index contributed by atoms with van der Waals surface area (Å²) in [5.74, 6) is 1.13. The zero-order valence-electron chi connectivity index (χ0n) is 12.7. The zero-order valence-corrected chi connectivity index (χ0v) is 12.7. The first-order valence-corrected chi connectivity index (χ1v) is 7.63. The Kier molecular flexibility index (Phi) is 4.49. The van der Waals surface area contributed by atoms with E-state index in [1.807, 2.05) is 7.05 Å². The van der Waals surface area contributed by atoms with Gasteiger partial charge in [-0.1, -0.05) is 0 Å². The van der Waals surface area contributed by atoms with Crippen molar-refractivity contribution < 1.29 is 9.84 Å². The van der Waals surface area contributed by atoms with Crippen molar-refractivity contribution in [3.05, 3.63) is 16.8 Å². The number of likely N-dealkylation sites (tertiary alicyclic amines) is 1. The average Bonchev–Trinajstić information content (AvgIpc) is 2.98. The number of aromatic nitrogens is 3. The number of hydrogen-bond acceptors (Lipinski definition) is 6. The van der Waals surface area contributed by atoms with Crippen molar-refractivity contribution in [1.82, 2.24) is 19.4 Å². The molecule has 0 aromatic carbocycles. The summed E-state index contributed by atoms with van der Waals surface area (Å²) in [4.78, 5) is 26.8. The van der Waals surface area contributed by atoms with Crippen LogP contribution < -0.4 is 5.69 Å². The second kappa shape index (κ2) is 6.53. The third-order valence-corrected chi connectivity index (χ3v) is 4.18. The van der Waals surface area contributed by atoms with Crippen molar-refractivity contribution in [2.75, 3.05) is 26.8 Å². The summed E-state index contributed by atoms with van der Waals surface area (Å²) in [5.41, 5.74) is -0.375. The van der Waals surface area contributed by atoms with Gasteiger partial charge in [0, 0.05) is 20.0 Å². The standard InChI is InChI=1S/C14H21N5O3/c1-18-5-3-2-4-12(18)16-13-15-9-19(14(21)17-13)10-6-11(7-20)22-8-10/h9-11,20H,2-8H2,1H3/b16-12+/t10-,11-/m0/s1. The van der Waals surface area contributed by atoms with Crippen molar-refractivity contribution in [3.8, 4) is 0 Å². The van der Waals surface area contributed by atoms with Crippen LogP contribution in [0.2, 0.25) is 0 Å². The van der Waals surface area contributed by atoms with E-state index in [-0.39, 0.29) is 30.4 Å². The average molecular weight is 307 g/mol. The van der Waals surface area contributed by atoms with E-state index in [1.54, 1.807) is 0 Å². The largest absolute Gasteiger partial charge is 0.394 e. The van der Waals surface area contributed by atoms with Gasteiger partial charge in [-0.25, -0.2) is 9.78 Å². The quantitative estimate of drug-likeness (QED) is 0.852. The molecule has 0 unspecified atom stereocenters. The lowest BCUT2D eigenvalue weighted by Crippen LogP contribution is -2.32. The predicted octanol–water partition coefficient (Wildman–Crippen LogP) is 0.106. The fraction of sp³-hybridized carbons (Fsp3) is 0.714. The Balaban J connectivity index is 1.78. The number of nitrogens with zero attached hydrogens (tertiary/aromatic N) is 5. The molecule has 0 aliphatic carbocycles. The molecular weight excluding hydrogens is 286 g/mol. The van der Waals surface area contributed by atoms with Crippen molar-refractivity contribution in [1.29, 1.82) is 0 Å². The molecule has 2 saturated heterocycles. The first-order chi connectivity index (χ1) is 10.7. The summed E-state index contributed by atoms with van der Waals surface area (Å²) >= 11 is 0. The SMILES string of the molecule is CN1CCCC/C1=N\c1ncn([C@@H]2CO[C@H](CO)C2)c(=O)n1. The van der Waals surface area contributed by atoms with Crippen molar-refractivity contribution in [2.24, 2.45) is 4.99 Å². The maximum absolute atomic E-state index is 12.2. The molecule has 8 heteroatoms. The molecule has 8 nitrogen and oxygen atoms in total. The number of aliphatic imine (C=N–C) groups is 1. The molecule has 0 saturated carbocycles. The third-order valence-electron chi connectivity index (χ3n) is 4.18. The highest BCUT2D eigenvalue weighted by Crippen LogP contribution is 2.22. The predicted molar refractivity (Wildman–Crippen MR) is 80.3 cm³/mol. The minimum Gasteiger partial charge on any atom is -0.394 e. The molecule has 2 atom stereocenters. The first-order valence-electron chi connectivity index (χ1n) is 7.63. The van der Waals surface area contributed by atoms with Crippen LogP contribution in [0.25, 0.3) is 0 Å². The third kappa shape index (κ3) is 3.17. The molecule has 0 amide bonds. The summed E-state index contributed by atoms with van der Waals surface area (Å²) in [6.07, 6.45) is 5.00. The van der Waals surface area contributed by atoms with E-state index in [0.717, 1.165) is 31.6 Å². The summed E-state index contributed by atoms with van der Waals surface area (Å²) in [6, 6.07) is -0.122. The summed E-state index contributed by atoms with van der Waals surface area (Å²) < 4.78 is 6.85. The minimum absolute atomic E-state index is 0.0375. The molecule has 0 radical (unpaired) electrons. The number of aliphatic hydroxyl groups excluding tert-OH is 1. The van der Waals surface area contributed by atoms with Gasteiger partial charge in [0.05, 0.1) is 25.4 Å². The van der Waals surface area contributed by atoms with Crippen LogP contribution >= 0.6 is 0 Å². The molecule has 3 heterocycles. The molecule has 120 valence electrons. The Hall–Kier alpha value is -1.80. The number of ether oxygens (including phenoxy) is 1. The van der Waals surface area contributed by atoms with Gasteiger partial charge in [0.25, 0.3) is 5.95 Å². The number of hydrogen-bond donors (Lipinski definition) is 1. The van der Waals surface area contributed by atoms with Crippen molar-refractivity contribution in [3.63, 3.8) is 0 Å². The fourth-order valence-electron chi connectivity index (χ4n) is 2.86. The molecule has 22 heavy (non-hydrogen) atoms. The van der Waals surface area contributed by atoms with Gasteiger partial charge in [-0.15, -0.1) is 0 Å². The topological polar surface area (TPSA) is 92.8 Å². The van der Waals surface area contributed by atoms with Gasteiger partial charge in [0.15, 0.2) is 0 Å². The lowest BCUT2D eigenvalue weighted by Gasteiger charge is -2.25. The van der Waals surface area contributed by atoms with Crippen LogP contribution in [-0.4, -0.2) is 63.3 Å². The van der Waals surface area contributed by atoms with E-state index < -0.39 is 0 Å². The Morgan fingerprint density at radius 2 is 2.36 bits per heavy atom. The van der Waals surface area contributed by atoms with E-state index in [9.17, 15) is 4.79 Å². The van der Waals surface area contributed by atoms with E-state index in [0.29, 0.717) is 13.0 Å². The molecular formula is C14H21N5O3. The van der Waals surface area contributed by atoms with Gasteiger partial charge in [-0.05, 0) is 19.3 Å². The zero-order chi connectivity index (χ0) is 15.5. The van der Waals surface area contributed by atoms with Crippen molar-refractivity contribution in [2.45, 2.75) is 37.8 Å². The fourth-order valence-corrected chi connectivity index (χ4v) is 2.86. The molecule has 1 aromatic heterocycles. The summed E-state index contributed by atoms with van der Waals surface area (Å²) in [5, 5.41) is 9.09. The van der Waals surface area contributed by atoms with E-state index in [1.165, 1.54) is 10.9 Å². The smallest absolute Gasteiger partial charge is 0.352 e. The molecule has 1 N–H and O–H groups in total. The number of amidine groups is 1. The molecule has 2 fully saturated rings. The second-order valence-electron chi connectivity index (χ2n) is 5.78. The van der Waals surface area contributed by atoms with Crippen LogP contribution in [0, 0.1) is 0 Å². The van der Waals surface area contributed by atoms with Crippen molar-refractivity contribution >= 4 is 11.8 Å². The van der Waals surface area contributed by atoms with Crippen LogP contribution in [0.4, 0.5) is 5.95 Å². The Bertz CT molecular complexity index is 615. The monoisotopic (exact) mass is 307 g/mol. The number of rotatable bonds is 3. The van der Waals surface area contributed by atoms with E-state index >= 15 is 0 Å². The summed E-state index contributed by atoms with van der Waals surface area (Å²) in [6.45, 7) is 1.33. The van der Waals surface area contributed by atoms with Gasteiger partial charge < -0.3 is 14.7 Å². The van der Waals surface area contributed by atoms with Gasteiger partial charge in [-0.2, -0.15) is 9.98 Å². The molecule has 0 bridgehead atoms. The van der Waals surface area contributed by atoms with Gasteiger partial charge >= 0.3 is 5.69 Å². The summed E-state index contributed by atoms with van der Waals surface area (Å²) in [7, 11) is 1.99. The highest BCUT2D eigenvalue weighted by atomic mass is 16.5. The lowest BCUT2D eigenvalue weighted by molar-refractivity contribution is 0.0574. The van der Waals surface area contributed by atoms with Crippen LogP contribution in [0.3, 0.4) is 0 Å². The maximum atomic E-state index is 12.2. The molecule has 3 rings (SSSR count). The highest BCUT2D eigenvalue weighted by Gasteiger charge is 2.27. The van der Waals surface area contributed by atoms with Gasteiger partial charge in [0.1, 0.15) is 12.2 Å². The molecule has 0 spiro atoms. The molecule has 2 aliphatic rings. The van der Waals surface area contributed by atoms with Gasteiger partial charge in [0.2, 0.25) is 0 Å². The highest BCUT2D eigenvalue weighted by molar-refractivity contribution is 5.84. The van der Waals surface area contributed by atoms with Gasteiger partial charge in [-0.3, -0.25) is 4.57 Å². The minimum atomic E-state index is -0.375. The van der Waals surface area contributed by atoms with Crippen LogP contribution in [0.1, 0.15) is 31.7 Å². The molecule has 2 aliphatic heterocycles. The number of piperidine rings is 1. The normalized spacial score (nSPS) is 27.5. The maximum Gasteiger partial charge on any atom is 0.352 e. The van der Waals surface area contributed by atoms with E-state index in [4.69, 9.17) is 9.84 Å². The number of aliphatic hydroxyl groups is 1. The second-order valence-corrected chi connectivity index (χ2v) is 5.78. The van der Waals surface area contributed by atoms with Crippen LogP contribution in [-0.2, 0) is 4.74 Å². The lowest BCUT2D eigenvalue weighted by atomic mass is 10.1.